The van der Waals surface area contributed by atoms with Crippen molar-refractivity contribution in [2.24, 2.45) is 0 Å². The summed E-state index contributed by atoms with van der Waals surface area (Å²) in [4.78, 5) is 0. The predicted molar refractivity (Wildman–Crippen MR) is 72.2 cm³/mol. The Balaban J connectivity index is 1.77. The Kier molecular flexibility index (Phi) is 4.96. The summed E-state index contributed by atoms with van der Waals surface area (Å²) in [6.45, 7) is 1.82. The minimum absolute atomic E-state index is 0.578. The van der Waals surface area contributed by atoms with Crippen LogP contribution in [-0.2, 0) is 0 Å². The molecule has 4 heteroatoms. The molecule has 1 atom stereocenters. The Bertz CT molecular complexity index is 364. The highest BCUT2D eigenvalue weighted by molar-refractivity contribution is 6.35. The molecule has 94 valence electrons. The van der Waals surface area contributed by atoms with Crippen LogP contribution in [0.2, 0.25) is 10.0 Å². The largest absolute Gasteiger partial charge is 0.492 e. The second-order valence-electron chi connectivity index (χ2n) is 4.36. The molecule has 0 radical (unpaired) electrons. The molecule has 1 aliphatic rings. The van der Waals surface area contributed by atoms with Gasteiger partial charge >= 0.3 is 0 Å². The zero-order valence-corrected chi connectivity index (χ0v) is 11.2. The first-order chi connectivity index (χ1) is 8.25. The molecule has 0 spiro atoms. The first-order valence-corrected chi connectivity index (χ1v) is 6.82. The van der Waals surface area contributed by atoms with Gasteiger partial charge < -0.3 is 10.1 Å². The molecule has 0 amide bonds. The van der Waals surface area contributed by atoms with Crippen molar-refractivity contribution in [3.8, 4) is 5.75 Å². The SMILES string of the molecule is Clc1ccc(OCC[C@@H]2CCCCN2)c(Cl)c1. The smallest absolute Gasteiger partial charge is 0.137 e. The Morgan fingerprint density at radius 1 is 1.29 bits per heavy atom. The molecule has 0 bridgehead atoms. The van der Waals surface area contributed by atoms with Crippen molar-refractivity contribution in [3.63, 3.8) is 0 Å². The van der Waals surface area contributed by atoms with Gasteiger partial charge in [-0.3, -0.25) is 0 Å². The van der Waals surface area contributed by atoms with Crippen molar-refractivity contribution >= 4 is 23.2 Å². The summed E-state index contributed by atoms with van der Waals surface area (Å²) in [7, 11) is 0. The van der Waals surface area contributed by atoms with E-state index in [1.54, 1.807) is 12.1 Å². The van der Waals surface area contributed by atoms with Crippen molar-refractivity contribution < 1.29 is 4.74 Å². The summed E-state index contributed by atoms with van der Waals surface area (Å²) in [6, 6.07) is 5.91. The van der Waals surface area contributed by atoms with E-state index in [9.17, 15) is 0 Å². The van der Waals surface area contributed by atoms with Gasteiger partial charge in [-0.15, -0.1) is 0 Å². The lowest BCUT2D eigenvalue weighted by Crippen LogP contribution is -2.35. The van der Waals surface area contributed by atoms with Gasteiger partial charge in [0.05, 0.1) is 11.6 Å². The molecule has 0 unspecified atom stereocenters. The van der Waals surface area contributed by atoms with Gasteiger partial charge in [0.2, 0.25) is 0 Å². The number of rotatable bonds is 4. The van der Waals surface area contributed by atoms with Crippen LogP contribution in [0.1, 0.15) is 25.7 Å². The average Bonchev–Trinajstić information content (AvgIpc) is 2.33. The molecule has 2 rings (SSSR count). The first-order valence-electron chi connectivity index (χ1n) is 6.07. The minimum atomic E-state index is 0.578. The molecular formula is C13H17Cl2NO. The molecule has 1 N–H and O–H groups in total. The van der Waals surface area contributed by atoms with E-state index < -0.39 is 0 Å². The molecule has 1 aromatic rings. The highest BCUT2D eigenvalue weighted by Gasteiger charge is 2.12. The lowest BCUT2D eigenvalue weighted by Gasteiger charge is -2.23. The molecular weight excluding hydrogens is 257 g/mol. The van der Waals surface area contributed by atoms with E-state index in [0.29, 0.717) is 28.4 Å². The van der Waals surface area contributed by atoms with Crippen LogP contribution in [0.15, 0.2) is 18.2 Å². The first kappa shape index (κ1) is 13.0. The number of nitrogens with one attached hydrogen (secondary N) is 1. The van der Waals surface area contributed by atoms with Gasteiger partial charge in [0.1, 0.15) is 5.75 Å². The van der Waals surface area contributed by atoms with E-state index in [-0.39, 0.29) is 0 Å². The fourth-order valence-corrected chi connectivity index (χ4v) is 2.54. The van der Waals surface area contributed by atoms with Crippen molar-refractivity contribution in [2.75, 3.05) is 13.2 Å². The van der Waals surface area contributed by atoms with Crippen LogP contribution in [0, 0.1) is 0 Å². The Hall–Kier alpha value is -0.440. The molecule has 1 aliphatic heterocycles. The zero-order chi connectivity index (χ0) is 12.1. The Labute approximate surface area is 112 Å². The molecule has 0 aromatic heterocycles. The number of hydrogen-bond acceptors (Lipinski definition) is 2. The lowest BCUT2D eigenvalue weighted by atomic mass is 10.0. The van der Waals surface area contributed by atoms with E-state index in [1.807, 2.05) is 6.07 Å². The van der Waals surface area contributed by atoms with E-state index in [2.05, 4.69) is 5.32 Å². The summed E-state index contributed by atoms with van der Waals surface area (Å²) < 4.78 is 5.66. The molecule has 1 aromatic carbocycles. The summed E-state index contributed by atoms with van der Waals surface area (Å²) in [5, 5.41) is 4.71. The molecule has 1 fully saturated rings. The van der Waals surface area contributed by atoms with Crippen molar-refractivity contribution in [2.45, 2.75) is 31.7 Å². The standard InChI is InChI=1S/C13H17Cl2NO/c14-10-4-5-13(12(15)9-10)17-8-6-11-3-1-2-7-16-11/h4-5,9,11,16H,1-3,6-8H2/t11-/m0/s1. The average molecular weight is 274 g/mol. The molecule has 0 aliphatic carbocycles. The summed E-state index contributed by atoms with van der Waals surface area (Å²) in [5.74, 6) is 0.715. The highest BCUT2D eigenvalue weighted by atomic mass is 35.5. The van der Waals surface area contributed by atoms with Crippen LogP contribution in [0.5, 0.6) is 5.75 Å². The third-order valence-corrected chi connectivity index (χ3v) is 3.56. The molecule has 0 saturated carbocycles. The maximum Gasteiger partial charge on any atom is 0.137 e. The zero-order valence-electron chi connectivity index (χ0n) is 9.72. The van der Waals surface area contributed by atoms with Gasteiger partial charge in [0.25, 0.3) is 0 Å². The summed E-state index contributed by atoms with van der Waals surface area (Å²) >= 11 is 11.8. The number of piperidine rings is 1. The van der Waals surface area contributed by atoms with Crippen LogP contribution in [-0.4, -0.2) is 19.2 Å². The monoisotopic (exact) mass is 273 g/mol. The van der Waals surface area contributed by atoms with Crippen molar-refractivity contribution in [1.29, 1.82) is 0 Å². The number of benzene rings is 1. The van der Waals surface area contributed by atoms with Crippen LogP contribution >= 0.6 is 23.2 Å². The van der Waals surface area contributed by atoms with Crippen molar-refractivity contribution in [3.05, 3.63) is 28.2 Å². The van der Waals surface area contributed by atoms with Gasteiger partial charge in [-0.1, -0.05) is 29.6 Å². The van der Waals surface area contributed by atoms with E-state index in [1.165, 1.54) is 19.3 Å². The predicted octanol–water partition coefficient (Wildman–Crippen LogP) is 3.90. The third-order valence-electron chi connectivity index (χ3n) is 3.03. The van der Waals surface area contributed by atoms with E-state index in [0.717, 1.165) is 13.0 Å². The van der Waals surface area contributed by atoms with Gasteiger partial charge in [-0.25, -0.2) is 0 Å². The number of halogens is 2. The normalized spacial score (nSPS) is 20.2. The highest BCUT2D eigenvalue weighted by Crippen LogP contribution is 2.27. The fourth-order valence-electron chi connectivity index (χ4n) is 2.07. The topological polar surface area (TPSA) is 21.3 Å². The van der Waals surface area contributed by atoms with Crippen molar-refractivity contribution in [1.82, 2.24) is 5.32 Å². The van der Waals surface area contributed by atoms with Gasteiger partial charge in [0.15, 0.2) is 0 Å². The fraction of sp³-hybridized carbons (Fsp3) is 0.538. The van der Waals surface area contributed by atoms with Crippen LogP contribution in [0.4, 0.5) is 0 Å². The molecule has 1 saturated heterocycles. The molecule has 2 nitrogen and oxygen atoms in total. The second-order valence-corrected chi connectivity index (χ2v) is 5.20. The lowest BCUT2D eigenvalue weighted by molar-refractivity contribution is 0.268. The molecule has 17 heavy (non-hydrogen) atoms. The van der Waals surface area contributed by atoms with Gasteiger partial charge in [-0.2, -0.15) is 0 Å². The summed E-state index contributed by atoms with van der Waals surface area (Å²) in [5.41, 5.74) is 0. The van der Waals surface area contributed by atoms with E-state index in [4.69, 9.17) is 27.9 Å². The van der Waals surface area contributed by atoms with Crippen LogP contribution in [0.25, 0.3) is 0 Å². The quantitative estimate of drug-likeness (QED) is 0.899. The molecule has 1 heterocycles. The Morgan fingerprint density at radius 3 is 2.88 bits per heavy atom. The summed E-state index contributed by atoms with van der Waals surface area (Å²) in [6.07, 6.45) is 4.89. The maximum absolute atomic E-state index is 6.03. The minimum Gasteiger partial charge on any atom is -0.492 e. The van der Waals surface area contributed by atoms with Crippen LogP contribution < -0.4 is 10.1 Å². The van der Waals surface area contributed by atoms with Gasteiger partial charge in [0, 0.05) is 11.1 Å². The van der Waals surface area contributed by atoms with Gasteiger partial charge in [-0.05, 0) is 44.0 Å². The number of ether oxygens (including phenoxy) is 1. The third kappa shape index (κ3) is 4.06. The Morgan fingerprint density at radius 2 is 2.18 bits per heavy atom. The van der Waals surface area contributed by atoms with E-state index >= 15 is 0 Å². The second kappa shape index (κ2) is 6.48. The maximum atomic E-state index is 6.03. The number of hydrogen-bond donors (Lipinski definition) is 1. The van der Waals surface area contributed by atoms with Crippen LogP contribution in [0.3, 0.4) is 0 Å².